The Hall–Kier alpha value is -3.15. The van der Waals surface area contributed by atoms with Crippen molar-refractivity contribution < 1.29 is 9.59 Å². The maximum atomic E-state index is 12.4. The van der Waals surface area contributed by atoms with Crippen LogP contribution < -0.4 is 16.1 Å². The van der Waals surface area contributed by atoms with Gasteiger partial charge in [0.1, 0.15) is 11.8 Å². The summed E-state index contributed by atoms with van der Waals surface area (Å²) in [5.41, 5.74) is 8.68. The van der Waals surface area contributed by atoms with Gasteiger partial charge in [-0.2, -0.15) is 5.10 Å². The molecule has 2 aromatic carbocycles. The molecule has 0 fully saturated rings. The standard InChI is InChI=1S/C19H20N4O2/c1-13-7-9-14(10-8-13)12-21-19(25)16-11-17(18(20)24)23(22-16)15-5-3-2-4-6-15/h2-10,17H,11-12H2,1H3,(H2,20,24)(H,21,25). The van der Waals surface area contributed by atoms with E-state index in [9.17, 15) is 9.59 Å². The summed E-state index contributed by atoms with van der Waals surface area (Å²) in [7, 11) is 0. The molecule has 0 saturated heterocycles. The van der Waals surface area contributed by atoms with Gasteiger partial charge in [-0.3, -0.25) is 14.6 Å². The summed E-state index contributed by atoms with van der Waals surface area (Å²) >= 11 is 0. The molecule has 0 saturated carbocycles. The maximum absolute atomic E-state index is 12.4. The first-order chi connectivity index (χ1) is 12.0. The average molecular weight is 336 g/mol. The average Bonchev–Trinajstić information content (AvgIpc) is 3.07. The van der Waals surface area contributed by atoms with Crippen molar-refractivity contribution in [1.82, 2.24) is 5.32 Å². The molecule has 0 bridgehead atoms. The normalized spacial score (nSPS) is 16.4. The van der Waals surface area contributed by atoms with Crippen molar-refractivity contribution in [1.29, 1.82) is 0 Å². The topological polar surface area (TPSA) is 87.8 Å². The van der Waals surface area contributed by atoms with Gasteiger partial charge < -0.3 is 11.1 Å². The van der Waals surface area contributed by atoms with Crippen molar-refractivity contribution >= 4 is 23.2 Å². The van der Waals surface area contributed by atoms with E-state index in [2.05, 4.69) is 10.4 Å². The van der Waals surface area contributed by atoms with E-state index >= 15 is 0 Å². The first kappa shape index (κ1) is 16.7. The second-order valence-corrected chi connectivity index (χ2v) is 6.02. The zero-order valence-corrected chi connectivity index (χ0v) is 14.0. The third kappa shape index (κ3) is 3.85. The molecule has 3 N–H and O–H groups in total. The molecular weight excluding hydrogens is 316 g/mol. The predicted molar refractivity (Wildman–Crippen MR) is 97.0 cm³/mol. The lowest BCUT2D eigenvalue weighted by atomic mass is 10.1. The van der Waals surface area contributed by atoms with Crippen LogP contribution in [0.5, 0.6) is 0 Å². The van der Waals surface area contributed by atoms with Crippen LogP contribution in [0.4, 0.5) is 5.69 Å². The van der Waals surface area contributed by atoms with Crippen LogP contribution in [-0.4, -0.2) is 23.6 Å². The number of nitrogens with zero attached hydrogens (tertiary/aromatic N) is 2. The highest BCUT2D eigenvalue weighted by Gasteiger charge is 2.34. The number of benzene rings is 2. The molecule has 0 radical (unpaired) electrons. The lowest BCUT2D eigenvalue weighted by molar-refractivity contribution is -0.119. The molecular formula is C19H20N4O2. The Morgan fingerprint density at radius 3 is 2.48 bits per heavy atom. The van der Waals surface area contributed by atoms with E-state index in [4.69, 9.17) is 5.73 Å². The molecule has 1 unspecified atom stereocenters. The van der Waals surface area contributed by atoms with E-state index in [1.165, 1.54) is 5.01 Å². The van der Waals surface area contributed by atoms with Crippen molar-refractivity contribution in [2.75, 3.05) is 5.01 Å². The van der Waals surface area contributed by atoms with Crippen molar-refractivity contribution in [3.8, 4) is 0 Å². The second-order valence-electron chi connectivity index (χ2n) is 6.02. The summed E-state index contributed by atoms with van der Waals surface area (Å²) in [6.45, 7) is 2.42. The van der Waals surface area contributed by atoms with Crippen LogP contribution in [0.25, 0.3) is 0 Å². The van der Waals surface area contributed by atoms with Crippen molar-refractivity contribution in [2.24, 2.45) is 10.8 Å². The van der Waals surface area contributed by atoms with Crippen molar-refractivity contribution in [3.63, 3.8) is 0 Å². The molecule has 1 heterocycles. The lowest BCUT2D eigenvalue weighted by Gasteiger charge is -2.20. The number of primary amides is 1. The monoisotopic (exact) mass is 336 g/mol. The minimum absolute atomic E-state index is 0.198. The zero-order valence-electron chi connectivity index (χ0n) is 14.0. The van der Waals surface area contributed by atoms with E-state index in [0.717, 1.165) is 16.8 Å². The van der Waals surface area contributed by atoms with Crippen LogP contribution in [0.3, 0.4) is 0 Å². The molecule has 1 aliphatic rings. The van der Waals surface area contributed by atoms with Gasteiger partial charge in [-0.25, -0.2) is 0 Å². The van der Waals surface area contributed by atoms with Crippen LogP contribution >= 0.6 is 0 Å². The number of hydrogen-bond donors (Lipinski definition) is 2. The van der Waals surface area contributed by atoms with Crippen LogP contribution in [0.1, 0.15) is 17.5 Å². The minimum atomic E-state index is -0.650. The Balaban J connectivity index is 1.71. The number of carbonyl (C=O) groups excluding carboxylic acids is 2. The number of amides is 2. The molecule has 2 amide bonds. The SMILES string of the molecule is Cc1ccc(CNC(=O)C2=NN(c3ccccc3)C(C(N)=O)C2)cc1. The first-order valence-corrected chi connectivity index (χ1v) is 8.09. The van der Waals surface area contributed by atoms with Gasteiger partial charge in [-0.1, -0.05) is 48.0 Å². The summed E-state index contributed by atoms with van der Waals surface area (Å²) in [4.78, 5) is 24.2. The summed E-state index contributed by atoms with van der Waals surface area (Å²) in [6, 6.07) is 16.5. The summed E-state index contributed by atoms with van der Waals surface area (Å²) in [5.74, 6) is -0.792. The number of para-hydroxylation sites is 1. The van der Waals surface area contributed by atoms with Crippen molar-refractivity contribution in [2.45, 2.75) is 25.9 Å². The van der Waals surface area contributed by atoms with Gasteiger partial charge >= 0.3 is 0 Å². The van der Waals surface area contributed by atoms with Crippen molar-refractivity contribution in [3.05, 3.63) is 65.7 Å². The molecule has 0 aliphatic carbocycles. The zero-order chi connectivity index (χ0) is 17.8. The second kappa shape index (κ2) is 7.17. The molecule has 3 rings (SSSR count). The minimum Gasteiger partial charge on any atom is -0.368 e. The van der Waals surface area contributed by atoms with Gasteiger partial charge in [0.05, 0.1) is 5.69 Å². The molecule has 2 aromatic rings. The Kier molecular flexibility index (Phi) is 4.79. The van der Waals surface area contributed by atoms with Crippen LogP contribution in [0.15, 0.2) is 59.7 Å². The van der Waals surface area contributed by atoms with E-state index in [1.54, 1.807) is 0 Å². The smallest absolute Gasteiger partial charge is 0.267 e. The largest absolute Gasteiger partial charge is 0.368 e. The van der Waals surface area contributed by atoms with E-state index in [0.29, 0.717) is 12.3 Å². The van der Waals surface area contributed by atoms with Gasteiger partial charge in [0.15, 0.2) is 0 Å². The molecule has 0 aromatic heterocycles. The Labute approximate surface area is 146 Å². The summed E-state index contributed by atoms with van der Waals surface area (Å²) in [6.07, 6.45) is 0.198. The van der Waals surface area contributed by atoms with E-state index in [1.807, 2.05) is 61.5 Å². The fourth-order valence-corrected chi connectivity index (χ4v) is 2.68. The molecule has 1 aliphatic heterocycles. The fourth-order valence-electron chi connectivity index (χ4n) is 2.68. The number of rotatable bonds is 5. The first-order valence-electron chi connectivity index (χ1n) is 8.09. The number of anilines is 1. The number of carbonyl (C=O) groups is 2. The fraction of sp³-hybridized carbons (Fsp3) is 0.211. The van der Waals surface area contributed by atoms with Gasteiger partial charge in [0.25, 0.3) is 5.91 Å². The van der Waals surface area contributed by atoms with Crippen LogP contribution in [-0.2, 0) is 16.1 Å². The number of nitrogens with one attached hydrogen (secondary N) is 1. The molecule has 1 atom stereocenters. The van der Waals surface area contributed by atoms with E-state index < -0.39 is 11.9 Å². The predicted octanol–water partition coefficient (Wildman–Crippen LogP) is 1.73. The Bertz CT molecular complexity index is 800. The van der Waals surface area contributed by atoms with Crippen LogP contribution in [0, 0.1) is 6.92 Å². The van der Waals surface area contributed by atoms with Gasteiger partial charge in [-0.05, 0) is 24.6 Å². The lowest BCUT2D eigenvalue weighted by Crippen LogP contribution is -2.39. The molecule has 0 spiro atoms. The maximum Gasteiger partial charge on any atom is 0.267 e. The number of hydrazone groups is 1. The summed E-state index contributed by atoms with van der Waals surface area (Å²) in [5, 5.41) is 8.68. The molecule has 25 heavy (non-hydrogen) atoms. The van der Waals surface area contributed by atoms with Gasteiger partial charge in [-0.15, -0.1) is 0 Å². The Morgan fingerprint density at radius 2 is 1.84 bits per heavy atom. The molecule has 128 valence electrons. The molecule has 6 nitrogen and oxygen atoms in total. The number of aryl methyl sites for hydroxylation is 1. The number of hydrogen-bond acceptors (Lipinski definition) is 4. The highest BCUT2D eigenvalue weighted by Crippen LogP contribution is 2.24. The third-order valence-corrected chi connectivity index (χ3v) is 4.10. The molecule has 6 heteroatoms. The van der Waals surface area contributed by atoms with Gasteiger partial charge in [0.2, 0.25) is 5.91 Å². The summed E-state index contributed by atoms with van der Waals surface area (Å²) < 4.78 is 0. The van der Waals surface area contributed by atoms with Gasteiger partial charge in [0, 0.05) is 13.0 Å². The Morgan fingerprint density at radius 1 is 1.16 bits per heavy atom. The van der Waals surface area contributed by atoms with E-state index in [-0.39, 0.29) is 12.3 Å². The van der Waals surface area contributed by atoms with Crippen LogP contribution in [0.2, 0.25) is 0 Å². The number of nitrogens with two attached hydrogens (primary N) is 1. The highest BCUT2D eigenvalue weighted by atomic mass is 16.2. The third-order valence-electron chi connectivity index (χ3n) is 4.10. The quantitative estimate of drug-likeness (QED) is 0.871. The highest BCUT2D eigenvalue weighted by molar-refractivity contribution is 6.40.